The van der Waals surface area contributed by atoms with Gasteiger partial charge in [0.2, 0.25) is 0 Å². The topological polar surface area (TPSA) is 182 Å². The predicted molar refractivity (Wildman–Crippen MR) is 52.1 cm³/mol. The average molecular weight is 234 g/mol. The molecule has 0 aromatic carbocycles. The van der Waals surface area contributed by atoms with Crippen LogP contribution in [0, 0.1) is 0 Å². The molecule has 0 aliphatic rings. The van der Waals surface area contributed by atoms with Gasteiger partial charge in [-0.15, -0.1) is 0 Å². The highest BCUT2D eigenvalue weighted by Gasteiger charge is 2.42. The van der Waals surface area contributed by atoms with Gasteiger partial charge in [0.15, 0.2) is 5.54 Å². The van der Waals surface area contributed by atoms with Crippen LogP contribution in [0.25, 0.3) is 0 Å². The molecule has 9 N–H and O–H groups in total. The Kier molecular flexibility index (Phi) is 4.03. The van der Waals surface area contributed by atoms with E-state index in [4.69, 9.17) is 28.3 Å². The molecule has 0 aromatic rings. The highest BCUT2D eigenvalue weighted by atomic mass is 16.4. The number of urea groups is 2. The summed E-state index contributed by atoms with van der Waals surface area (Å²) < 4.78 is 0. The molecule has 0 rings (SSSR count). The van der Waals surface area contributed by atoms with Gasteiger partial charge in [0.05, 0.1) is 6.54 Å². The summed E-state index contributed by atoms with van der Waals surface area (Å²) in [5.41, 5.74) is 7.69. The lowest BCUT2D eigenvalue weighted by molar-refractivity contribution is -0.149. The third kappa shape index (κ3) is 2.71. The number of carbonyl (C=O) groups is 3. The van der Waals surface area contributed by atoms with E-state index in [0.717, 1.165) is 6.92 Å². The van der Waals surface area contributed by atoms with Crippen molar-refractivity contribution in [2.24, 2.45) is 23.2 Å². The summed E-state index contributed by atoms with van der Waals surface area (Å²) in [4.78, 5) is 32.4. The van der Waals surface area contributed by atoms with Crippen molar-refractivity contribution >= 4 is 18.0 Å². The lowest BCUT2D eigenvalue weighted by Gasteiger charge is -2.34. The Labute approximate surface area is 90.7 Å². The fourth-order valence-electron chi connectivity index (χ4n) is 0.900. The molecule has 16 heavy (non-hydrogen) atoms. The van der Waals surface area contributed by atoms with Gasteiger partial charge in [-0.2, -0.15) is 0 Å². The summed E-state index contributed by atoms with van der Waals surface area (Å²) in [5.74, 6) is 8.85. The number of carbonyl (C=O) groups excluding carboxylic acids is 2. The van der Waals surface area contributed by atoms with E-state index in [9.17, 15) is 14.4 Å². The minimum Gasteiger partial charge on any atom is -0.479 e. The molecular weight excluding hydrogens is 220 g/mol. The third-order valence-electron chi connectivity index (χ3n) is 1.99. The van der Waals surface area contributed by atoms with Crippen LogP contribution in [0.1, 0.15) is 6.92 Å². The molecule has 0 spiro atoms. The van der Waals surface area contributed by atoms with E-state index in [1.54, 1.807) is 0 Å². The first kappa shape index (κ1) is 13.9. The van der Waals surface area contributed by atoms with Gasteiger partial charge in [-0.25, -0.2) is 31.1 Å². The lowest BCUT2D eigenvalue weighted by atomic mass is 10.0. The van der Waals surface area contributed by atoms with E-state index >= 15 is 0 Å². The maximum atomic E-state index is 11.0. The van der Waals surface area contributed by atoms with Crippen LogP contribution in [-0.4, -0.2) is 45.2 Å². The molecule has 0 aliphatic heterocycles. The van der Waals surface area contributed by atoms with Crippen LogP contribution in [0.2, 0.25) is 0 Å². The molecule has 0 saturated heterocycles. The molecule has 10 heteroatoms. The molecular formula is C6H14N6O4. The number of nitrogens with two attached hydrogens (primary N) is 4. The average Bonchev–Trinajstić information content (AvgIpc) is 2.15. The van der Waals surface area contributed by atoms with E-state index < -0.39 is 30.1 Å². The smallest absolute Gasteiger partial charge is 0.332 e. The van der Waals surface area contributed by atoms with Crippen molar-refractivity contribution < 1.29 is 19.5 Å². The summed E-state index contributed by atoms with van der Waals surface area (Å²) in [6, 6.07) is -2.24. The van der Waals surface area contributed by atoms with E-state index in [2.05, 4.69) is 0 Å². The van der Waals surface area contributed by atoms with Crippen molar-refractivity contribution in [3.8, 4) is 0 Å². The quantitative estimate of drug-likeness (QED) is 0.201. The Bertz CT molecular complexity index is 320. The molecule has 0 aromatic heterocycles. The van der Waals surface area contributed by atoms with Crippen molar-refractivity contribution in [1.29, 1.82) is 0 Å². The zero-order valence-electron chi connectivity index (χ0n) is 8.58. The van der Waals surface area contributed by atoms with Crippen LogP contribution in [0.15, 0.2) is 0 Å². The highest BCUT2D eigenvalue weighted by molar-refractivity contribution is 5.85. The molecule has 0 fully saturated rings. The molecule has 0 aliphatic carbocycles. The summed E-state index contributed by atoms with van der Waals surface area (Å²) in [6.45, 7) is 0.472. The van der Waals surface area contributed by atoms with Gasteiger partial charge in [0.25, 0.3) is 0 Å². The Balaban J connectivity index is 5.05. The van der Waals surface area contributed by atoms with Crippen LogP contribution in [-0.2, 0) is 4.79 Å². The second-order valence-electron chi connectivity index (χ2n) is 3.25. The number of primary amides is 2. The summed E-state index contributed by atoms with van der Waals surface area (Å²) >= 11 is 0. The number of carboxylic acids is 1. The van der Waals surface area contributed by atoms with Crippen molar-refractivity contribution in [3.05, 3.63) is 0 Å². The Hall–Kier alpha value is -2.07. The van der Waals surface area contributed by atoms with E-state index in [1.165, 1.54) is 0 Å². The number of carboxylic acid groups (broad SMARTS) is 1. The first-order valence-corrected chi connectivity index (χ1v) is 4.02. The van der Waals surface area contributed by atoms with Crippen LogP contribution in [0.3, 0.4) is 0 Å². The van der Waals surface area contributed by atoms with Gasteiger partial charge in [0, 0.05) is 0 Å². The Morgan fingerprint density at radius 2 is 1.62 bits per heavy atom. The molecule has 0 saturated carbocycles. The number of hydrogen-bond donors (Lipinski definition) is 5. The first-order valence-electron chi connectivity index (χ1n) is 4.02. The molecule has 10 nitrogen and oxygen atoms in total. The minimum atomic E-state index is -1.96. The summed E-state index contributed by atoms with van der Waals surface area (Å²) in [6.07, 6.45) is 0. The highest BCUT2D eigenvalue weighted by Crippen LogP contribution is 2.12. The van der Waals surface area contributed by atoms with Gasteiger partial charge in [-0.1, -0.05) is 0 Å². The van der Waals surface area contributed by atoms with Crippen LogP contribution >= 0.6 is 0 Å². The van der Waals surface area contributed by atoms with Crippen LogP contribution in [0.4, 0.5) is 9.59 Å². The molecule has 0 radical (unpaired) electrons. The van der Waals surface area contributed by atoms with Gasteiger partial charge in [0.1, 0.15) is 0 Å². The number of amides is 4. The van der Waals surface area contributed by atoms with Gasteiger partial charge in [-0.05, 0) is 6.92 Å². The van der Waals surface area contributed by atoms with Gasteiger partial charge in [-0.3, -0.25) is 5.01 Å². The summed E-state index contributed by atoms with van der Waals surface area (Å²) in [7, 11) is 0. The van der Waals surface area contributed by atoms with Gasteiger partial charge >= 0.3 is 18.0 Å². The summed E-state index contributed by atoms with van der Waals surface area (Å²) in [5, 5.41) is 9.59. The Morgan fingerprint density at radius 3 is 1.88 bits per heavy atom. The van der Waals surface area contributed by atoms with Crippen molar-refractivity contribution in [1.82, 2.24) is 10.0 Å². The monoisotopic (exact) mass is 234 g/mol. The second-order valence-corrected chi connectivity index (χ2v) is 3.25. The Morgan fingerprint density at radius 1 is 1.19 bits per heavy atom. The maximum absolute atomic E-state index is 11.0. The largest absolute Gasteiger partial charge is 0.479 e. The van der Waals surface area contributed by atoms with Crippen LogP contribution < -0.4 is 23.2 Å². The number of nitrogens with zero attached hydrogens (tertiary/aromatic N) is 2. The third-order valence-corrected chi connectivity index (χ3v) is 1.99. The maximum Gasteiger partial charge on any atom is 0.332 e. The molecule has 4 amide bonds. The number of rotatable bonds is 4. The molecule has 1 atom stereocenters. The predicted octanol–water partition coefficient (Wildman–Crippen LogP) is -2.66. The standard InChI is InChI=1S/C6H14N6O4/c1-6(3(13)14,12(10)5(8)16)2-11(9)4(7)15/h2,9-10H2,1H3,(H2,7,15)(H2,8,16)(H,13,14). The zero-order chi connectivity index (χ0) is 13.1. The van der Waals surface area contributed by atoms with E-state index in [1.807, 2.05) is 0 Å². The van der Waals surface area contributed by atoms with Crippen molar-refractivity contribution in [2.45, 2.75) is 12.5 Å². The number of hydrazine groups is 2. The van der Waals surface area contributed by atoms with E-state index in [0.29, 0.717) is 5.01 Å². The van der Waals surface area contributed by atoms with Gasteiger partial charge < -0.3 is 16.6 Å². The van der Waals surface area contributed by atoms with Crippen molar-refractivity contribution in [2.75, 3.05) is 6.54 Å². The van der Waals surface area contributed by atoms with E-state index in [-0.39, 0.29) is 5.01 Å². The van der Waals surface area contributed by atoms with Crippen molar-refractivity contribution in [3.63, 3.8) is 0 Å². The zero-order valence-corrected chi connectivity index (χ0v) is 8.58. The second kappa shape index (κ2) is 4.63. The normalized spacial score (nSPS) is 13.7. The minimum absolute atomic E-state index is 0.262. The molecule has 0 heterocycles. The number of hydrogen-bond acceptors (Lipinski definition) is 5. The SMILES string of the molecule is CC(CN(N)C(N)=O)(C(=O)O)N(N)C(N)=O. The fraction of sp³-hybridized carbons (Fsp3) is 0.500. The lowest BCUT2D eigenvalue weighted by Crippen LogP contribution is -2.66. The van der Waals surface area contributed by atoms with Crippen LogP contribution in [0.5, 0.6) is 0 Å². The molecule has 1 unspecified atom stereocenters. The molecule has 0 bridgehead atoms. The first-order chi connectivity index (χ1) is 7.12. The fourth-order valence-corrected chi connectivity index (χ4v) is 0.900. The number of aliphatic carboxylic acids is 1. The molecule has 92 valence electrons.